The topological polar surface area (TPSA) is 37.6 Å². The molecule has 0 radical (unpaired) electrons. The highest BCUT2D eigenvalue weighted by atomic mass is 15.0. The first-order valence-corrected chi connectivity index (χ1v) is 7.59. The van der Waals surface area contributed by atoms with Gasteiger partial charge in [-0.25, -0.2) is 4.99 Å². The van der Waals surface area contributed by atoms with Crippen molar-refractivity contribution in [3.05, 3.63) is 102 Å². The Labute approximate surface area is 135 Å². The maximum atomic E-state index is 4.87. The van der Waals surface area contributed by atoms with Gasteiger partial charge in [0.25, 0.3) is 0 Å². The van der Waals surface area contributed by atoms with E-state index < -0.39 is 0 Å². The van der Waals surface area contributed by atoms with Crippen molar-refractivity contribution in [2.45, 2.75) is 6.04 Å². The summed E-state index contributed by atoms with van der Waals surface area (Å²) >= 11 is 0. The lowest BCUT2D eigenvalue weighted by atomic mass is 9.98. The molecule has 1 aromatic heterocycles. The summed E-state index contributed by atoms with van der Waals surface area (Å²) in [6, 6.07) is 24.2. The van der Waals surface area contributed by atoms with Crippen molar-refractivity contribution < 1.29 is 0 Å². The molecule has 0 fully saturated rings. The molecule has 1 aliphatic heterocycles. The number of rotatable bonds is 3. The lowest BCUT2D eigenvalue weighted by Crippen LogP contribution is -2.08. The largest absolute Gasteiger partial charge is 0.265 e. The van der Waals surface area contributed by atoms with Gasteiger partial charge in [0, 0.05) is 18.0 Å². The molecule has 4 rings (SSSR count). The number of benzene rings is 2. The van der Waals surface area contributed by atoms with Crippen LogP contribution in [0.2, 0.25) is 0 Å². The van der Waals surface area contributed by atoms with E-state index in [1.54, 1.807) is 12.4 Å². The summed E-state index contributed by atoms with van der Waals surface area (Å²) in [4.78, 5) is 13.8. The van der Waals surface area contributed by atoms with E-state index in [1.807, 2.05) is 60.7 Å². The van der Waals surface area contributed by atoms with E-state index in [1.165, 1.54) is 0 Å². The molecule has 0 saturated carbocycles. The van der Waals surface area contributed by atoms with Gasteiger partial charge >= 0.3 is 0 Å². The Kier molecular flexibility index (Phi) is 3.53. The number of hydrogen-bond donors (Lipinski definition) is 0. The van der Waals surface area contributed by atoms with Crippen molar-refractivity contribution >= 4 is 11.5 Å². The van der Waals surface area contributed by atoms with Gasteiger partial charge in [0.05, 0.1) is 5.71 Å². The van der Waals surface area contributed by atoms with Crippen molar-refractivity contribution in [1.29, 1.82) is 0 Å². The standard InChI is InChI=1S/C20H15N3/c1-3-7-15(8-4-1)18-19(16-11-13-21-14-12-16)23-20(22-18)17-9-5-2-6-10-17/h1-14,19H. The van der Waals surface area contributed by atoms with Crippen LogP contribution < -0.4 is 0 Å². The fraction of sp³-hybridized carbons (Fsp3) is 0.0500. The van der Waals surface area contributed by atoms with Crippen LogP contribution in [0.1, 0.15) is 22.7 Å². The normalized spacial score (nSPS) is 16.8. The zero-order chi connectivity index (χ0) is 15.5. The molecule has 0 aliphatic carbocycles. The van der Waals surface area contributed by atoms with Crippen molar-refractivity contribution in [2.75, 3.05) is 0 Å². The third-order valence-electron chi connectivity index (χ3n) is 3.86. The van der Waals surface area contributed by atoms with Gasteiger partial charge in [0.15, 0.2) is 5.84 Å². The molecule has 1 unspecified atom stereocenters. The van der Waals surface area contributed by atoms with Crippen LogP contribution in [-0.4, -0.2) is 16.5 Å². The number of aliphatic imine (C=N–C) groups is 2. The van der Waals surface area contributed by atoms with E-state index in [-0.39, 0.29) is 6.04 Å². The molecular formula is C20H15N3. The molecule has 3 aromatic rings. The Morgan fingerprint density at radius 3 is 1.91 bits per heavy atom. The van der Waals surface area contributed by atoms with Gasteiger partial charge in [-0.05, 0) is 23.3 Å². The molecule has 23 heavy (non-hydrogen) atoms. The summed E-state index contributed by atoms with van der Waals surface area (Å²) in [5.41, 5.74) is 4.23. The molecule has 1 atom stereocenters. The second-order valence-electron chi connectivity index (χ2n) is 5.36. The van der Waals surface area contributed by atoms with Crippen LogP contribution in [0, 0.1) is 0 Å². The lowest BCUT2D eigenvalue weighted by Gasteiger charge is -2.11. The number of pyridine rings is 1. The summed E-state index contributed by atoms with van der Waals surface area (Å²) in [5, 5.41) is 0. The Hall–Kier alpha value is -3.07. The molecule has 2 aromatic carbocycles. The van der Waals surface area contributed by atoms with E-state index >= 15 is 0 Å². The highest BCUT2D eigenvalue weighted by Crippen LogP contribution is 2.29. The molecule has 2 heterocycles. The summed E-state index contributed by atoms with van der Waals surface area (Å²) in [7, 11) is 0. The van der Waals surface area contributed by atoms with Crippen LogP contribution in [0.15, 0.2) is 95.2 Å². The highest BCUT2D eigenvalue weighted by Gasteiger charge is 2.26. The van der Waals surface area contributed by atoms with Crippen LogP contribution in [-0.2, 0) is 0 Å². The summed E-state index contributed by atoms with van der Waals surface area (Å²) in [5.74, 6) is 0.784. The first-order valence-electron chi connectivity index (χ1n) is 7.59. The first kappa shape index (κ1) is 13.6. The highest BCUT2D eigenvalue weighted by molar-refractivity contribution is 6.18. The zero-order valence-corrected chi connectivity index (χ0v) is 12.5. The van der Waals surface area contributed by atoms with Crippen molar-refractivity contribution in [1.82, 2.24) is 4.98 Å². The van der Waals surface area contributed by atoms with E-state index in [4.69, 9.17) is 9.98 Å². The lowest BCUT2D eigenvalue weighted by molar-refractivity contribution is 0.978. The molecule has 0 saturated heterocycles. The van der Waals surface area contributed by atoms with Crippen molar-refractivity contribution in [3.63, 3.8) is 0 Å². The van der Waals surface area contributed by atoms with Crippen LogP contribution in [0.3, 0.4) is 0 Å². The Morgan fingerprint density at radius 2 is 1.26 bits per heavy atom. The van der Waals surface area contributed by atoms with Crippen LogP contribution in [0.4, 0.5) is 0 Å². The fourth-order valence-electron chi connectivity index (χ4n) is 2.72. The van der Waals surface area contributed by atoms with Gasteiger partial charge in [0.1, 0.15) is 6.04 Å². The minimum Gasteiger partial charge on any atom is -0.265 e. The molecule has 0 bridgehead atoms. The van der Waals surface area contributed by atoms with Crippen molar-refractivity contribution in [3.8, 4) is 0 Å². The van der Waals surface area contributed by atoms with Gasteiger partial charge in [-0.3, -0.25) is 9.98 Å². The van der Waals surface area contributed by atoms with E-state index in [9.17, 15) is 0 Å². The fourth-order valence-corrected chi connectivity index (χ4v) is 2.72. The molecule has 0 spiro atoms. The smallest absolute Gasteiger partial charge is 0.155 e. The number of aromatic nitrogens is 1. The predicted octanol–water partition coefficient (Wildman–Crippen LogP) is 4.07. The van der Waals surface area contributed by atoms with E-state index in [0.717, 1.165) is 28.2 Å². The number of amidine groups is 1. The second-order valence-corrected chi connectivity index (χ2v) is 5.36. The molecular weight excluding hydrogens is 282 g/mol. The number of hydrogen-bond acceptors (Lipinski definition) is 3. The zero-order valence-electron chi connectivity index (χ0n) is 12.5. The van der Waals surface area contributed by atoms with Gasteiger partial charge < -0.3 is 0 Å². The predicted molar refractivity (Wildman–Crippen MR) is 92.9 cm³/mol. The molecule has 1 aliphatic rings. The van der Waals surface area contributed by atoms with Gasteiger partial charge in [-0.15, -0.1) is 0 Å². The van der Waals surface area contributed by atoms with Crippen LogP contribution >= 0.6 is 0 Å². The minimum absolute atomic E-state index is 0.0874. The monoisotopic (exact) mass is 297 g/mol. The van der Waals surface area contributed by atoms with Crippen LogP contribution in [0.25, 0.3) is 0 Å². The maximum absolute atomic E-state index is 4.87. The van der Waals surface area contributed by atoms with Gasteiger partial charge in [-0.2, -0.15) is 0 Å². The Morgan fingerprint density at radius 1 is 0.652 bits per heavy atom. The molecule has 0 N–H and O–H groups in total. The summed E-state index contributed by atoms with van der Waals surface area (Å²) in [6.07, 6.45) is 3.60. The molecule has 3 heteroatoms. The van der Waals surface area contributed by atoms with Crippen molar-refractivity contribution in [2.24, 2.45) is 9.98 Å². The summed E-state index contributed by atoms with van der Waals surface area (Å²) in [6.45, 7) is 0. The second kappa shape index (κ2) is 5.97. The maximum Gasteiger partial charge on any atom is 0.155 e. The first-order chi connectivity index (χ1) is 11.4. The van der Waals surface area contributed by atoms with Gasteiger partial charge in [-0.1, -0.05) is 60.7 Å². The van der Waals surface area contributed by atoms with Crippen LogP contribution in [0.5, 0.6) is 0 Å². The summed E-state index contributed by atoms with van der Waals surface area (Å²) < 4.78 is 0. The third kappa shape index (κ3) is 2.69. The van der Waals surface area contributed by atoms with E-state index in [0.29, 0.717) is 0 Å². The Bertz CT molecular complexity index is 853. The molecule has 3 nitrogen and oxygen atoms in total. The molecule has 0 amide bonds. The van der Waals surface area contributed by atoms with Gasteiger partial charge in [0.2, 0.25) is 0 Å². The average molecular weight is 297 g/mol. The third-order valence-corrected chi connectivity index (χ3v) is 3.86. The minimum atomic E-state index is -0.0874. The quantitative estimate of drug-likeness (QED) is 0.718. The average Bonchev–Trinajstić information content (AvgIpc) is 3.09. The number of nitrogens with zero attached hydrogens (tertiary/aromatic N) is 3. The Balaban J connectivity index is 1.82. The molecule has 110 valence electrons. The SMILES string of the molecule is c1ccc(C2=NC(c3ccncc3)C(c3ccccc3)=N2)cc1. The van der Waals surface area contributed by atoms with E-state index in [2.05, 4.69) is 17.1 Å².